The molecular weight excluding hydrogens is 250 g/mol. The van der Waals surface area contributed by atoms with Crippen molar-refractivity contribution in [3.63, 3.8) is 0 Å². The van der Waals surface area contributed by atoms with Crippen LogP contribution in [0.2, 0.25) is 5.02 Å². The summed E-state index contributed by atoms with van der Waals surface area (Å²) in [6.07, 6.45) is 1.73. The van der Waals surface area contributed by atoms with Gasteiger partial charge in [0.1, 0.15) is 5.69 Å². The fraction of sp³-hybridized carbons (Fsp3) is 0.0769. The SMILES string of the molecule is NCc1cc(-c2ccc(Cl)c3cccnc23)no1. The third-order valence-corrected chi connectivity index (χ3v) is 3.08. The average Bonchev–Trinajstić information content (AvgIpc) is 2.88. The molecule has 3 rings (SSSR count). The summed E-state index contributed by atoms with van der Waals surface area (Å²) in [5.74, 6) is 0.643. The number of nitrogens with two attached hydrogens (primary N) is 1. The molecule has 1 aromatic carbocycles. The van der Waals surface area contributed by atoms with Crippen molar-refractivity contribution in [1.29, 1.82) is 0 Å². The van der Waals surface area contributed by atoms with Gasteiger partial charge in [0.25, 0.3) is 0 Å². The van der Waals surface area contributed by atoms with E-state index in [1.54, 1.807) is 6.20 Å². The summed E-state index contributed by atoms with van der Waals surface area (Å²) in [6, 6.07) is 9.31. The molecule has 18 heavy (non-hydrogen) atoms. The van der Waals surface area contributed by atoms with Gasteiger partial charge in [0.15, 0.2) is 5.76 Å². The van der Waals surface area contributed by atoms with Crippen LogP contribution in [0, 0.1) is 0 Å². The molecule has 0 saturated carbocycles. The molecule has 0 saturated heterocycles. The van der Waals surface area contributed by atoms with E-state index in [1.807, 2.05) is 30.3 Å². The zero-order chi connectivity index (χ0) is 12.5. The quantitative estimate of drug-likeness (QED) is 0.768. The number of hydrogen-bond acceptors (Lipinski definition) is 4. The van der Waals surface area contributed by atoms with Crippen molar-refractivity contribution in [1.82, 2.24) is 10.1 Å². The van der Waals surface area contributed by atoms with Crippen LogP contribution in [0.1, 0.15) is 5.76 Å². The molecule has 2 N–H and O–H groups in total. The molecule has 0 aliphatic rings. The lowest BCUT2D eigenvalue weighted by Crippen LogP contribution is -1.92. The van der Waals surface area contributed by atoms with Crippen molar-refractivity contribution >= 4 is 22.5 Å². The van der Waals surface area contributed by atoms with E-state index in [1.165, 1.54) is 0 Å². The fourth-order valence-electron chi connectivity index (χ4n) is 1.88. The van der Waals surface area contributed by atoms with Gasteiger partial charge in [-0.3, -0.25) is 4.98 Å². The molecule has 0 unspecified atom stereocenters. The predicted octanol–water partition coefficient (Wildman–Crippen LogP) is 3.00. The first-order chi connectivity index (χ1) is 8.79. The number of halogens is 1. The molecule has 0 bridgehead atoms. The summed E-state index contributed by atoms with van der Waals surface area (Å²) in [5, 5.41) is 5.57. The van der Waals surface area contributed by atoms with Gasteiger partial charge in [0.2, 0.25) is 0 Å². The van der Waals surface area contributed by atoms with E-state index in [0.717, 1.165) is 22.2 Å². The lowest BCUT2D eigenvalue weighted by Gasteiger charge is -2.03. The normalized spacial score (nSPS) is 11.0. The highest BCUT2D eigenvalue weighted by Crippen LogP contribution is 2.31. The summed E-state index contributed by atoms with van der Waals surface area (Å²) in [5.41, 5.74) is 7.92. The summed E-state index contributed by atoms with van der Waals surface area (Å²) in [4.78, 5) is 4.36. The Morgan fingerprint density at radius 1 is 1.28 bits per heavy atom. The lowest BCUT2D eigenvalue weighted by atomic mass is 10.1. The van der Waals surface area contributed by atoms with Crippen LogP contribution in [-0.4, -0.2) is 10.1 Å². The predicted molar refractivity (Wildman–Crippen MR) is 70.1 cm³/mol. The van der Waals surface area contributed by atoms with E-state index in [2.05, 4.69) is 10.1 Å². The first-order valence-electron chi connectivity index (χ1n) is 5.49. The molecule has 0 aliphatic heterocycles. The fourth-order valence-corrected chi connectivity index (χ4v) is 2.10. The molecule has 0 radical (unpaired) electrons. The monoisotopic (exact) mass is 259 g/mol. The van der Waals surface area contributed by atoms with Gasteiger partial charge in [-0.05, 0) is 24.3 Å². The topological polar surface area (TPSA) is 64.9 Å². The van der Waals surface area contributed by atoms with E-state index < -0.39 is 0 Å². The largest absolute Gasteiger partial charge is 0.359 e. The van der Waals surface area contributed by atoms with Crippen molar-refractivity contribution in [3.05, 3.63) is 47.3 Å². The summed E-state index contributed by atoms with van der Waals surface area (Å²) in [6.45, 7) is 0.325. The van der Waals surface area contributed by atoms with Crippen LogP contribution in [0.15, 0.2) is 41.1 Å². The molecule has 4 nitrogen and oxygen atoms in total. The van der Waals surface area contributed by atoms with E-state index in [4.69, 9.17) is 21.9 Å². The minimum atomic E-state index is 0.325. The van der Waals surface area contributed by atoms with E-state index >= 15 is 0 Å². The maximum Gasteiger partial charge on any atom is 0.150 e. The molecule has 0 spiro atoms. The van der Waals surface area contributed by atoms with Gasteiger partial charge in [-0.1, -0.05) is 16.8 Å². The Bertz CT molecular complexity index is 708. The molecule has 0 aliphatic carbocycles. The van der Waals surface area contributed by atoms with Crippen LogP contribution in [0.25, 0.3) is 22.2 Å². The minimum Gasteiger partial charge on any atom is -0.359 e. The average molecular weight is 260 g/mol. The summed E-state index contributed by atoms with van der Waals surface area (Å²) >= 11 is 6.15. The third kappa shape index (κ3) is 1.75. The van der Waals surface area contributed by atoms with Crippen molar-refractivity contribution in [3.8, 4) is 11.3 Å². The highest BCUT2D eigenvalue weighted by atomic mass is 35.5. The Hall–Kier alpha value is -1.91. The van der Waals surface area contributed by atoms with Gasteiger partial charge in [-0.2, -0.15) is 0 Å². The van der Waals surface area contributed by atoms with Gasteiger partial charge >= 0.3 is 0 Å². The maximum atomic E-state index is 6.15. The molecule has 3 aromatic rings. The zero-order valence-corrected chi connectivity index (χ0v) is 10.2. The highest BCUT2D eigenvalue weighted by Gasteiger charge is 2.11. The number of aromatic nitrogens is 2. The summed E-state index contributed by atoms with van der Waals surface area (Å²) in [7, 11) is 0. The number of rotatable bonds is 2. The second-order valence-electron chi connectivity index (χ2n) is 3.88. The second-order valence-corrected chi connectivity index (χ2v) is 4.28. The number of nitrogens with zero attached hydrogens (tertiary/aromatic N) is 2. The van der Waals surface area contributed by atoms with Crippen molar-refractivity contribution in [2.24, 2.45) is 5.73 Å². The van der Waals surface area contributed by atoms with Gasteiger partial charge < -0.3 is 10.3 Å². The maximum absolute atomic E-state index is 6.15. The van der Waals surface area contributed by atoms with Crippen LogP contribution in [0.5, 0.6) is 0 Å². The van der Waals surface area contributed by atoms with Crippen LogP contribution < -0.4 is 5.73 Å². The van der Waals surface area contributed by atoms with E-state index in [9.17, 15) is 0 Å². The Balaban J connectivity index is 2.26. The number of hydrogen-bond donors (Lipinski definition) is 1. The molecule has 5 heteroatoms. The Kier molecular flexibility index (Phi) is 2.74. The van der Waals surface area contributed by atoms with E-state index in [0.29, 0.717) is 17.3 Å². The van der Waals surface area contributed by atoms with Crippen molar-refractivity contribution < 1.29 is 4.52 Å². The minimum absolute atomic E-state index is 0.325. The summed E-state index contributed by atoms with van der Waals surface area (Å²) < 4.78 is 5.11. The molecule has 0 amide bonds. The number of fused-ring (bicyclic) bond motifs is 1. The first-order valence-corrected chi connectivity index (χ1v) is 5.86. The lowest BCUT2D eigenvalue weighted by molar-refractivity contribution is 0.387. The van der Waals surface area contributed by atoms with Crippen LogP contribution in [-0.2, 0) is 6.54 Å². The highest BCUT2D eigenvalue weighted by molar-refractivity contribution is 6.35. The molecular formula is C13H10ClN3O. The van der Waals surface area contributed by atoms with Crippen LogP contribution in [0.3, 0.4) is 0 Å². The molecule has 2 aromatic heterocycles. The molecule has 0 fully saturated rings. The van der Waals surface area contributed by atoms with Crippen LogP contribution >= 0.6 is 11.6 Å². The Labute approximate surface area is 108 Å². The Morgan fingerprint density at radius 3 is 2.94 bits per heavy atom. The number of pyridine rings is 1. The third-order valence-electron chi connectivity index (χ3n) is 2.75. The van der Waals surface area contributed by atoms with Crippen molar-refractivity contribution in [2.75, 3.05) is 0 Å². The van der Waals surface area contributed by atoms with Crippen molar-refractivity contribution in [2.45, 2.75) is 6.54 Å². The van der Waals surface area contributed by atoms with Gasteiger partial charge in [0.05, 0.1) is 17.1 Å². The first kappa shape index (κ1) is 11.2. The van der Waals surface area contributed by atoms with Gasteiger partial charge in [-0.25, -0.2) is 0 Å². The molecule has 0 atom stereocenters. The molecule has 2 heterocycles. The molecule has 90 valence electrons. The van der Waals surface area contributed by atoms with Gasteiger partial charge in [-0.15, -0.1) is 0 Å². The smallest absolute Gasteiger partial charge is 0.150 e. The zero-order valence-electron chi connectivity index (χ0n) is 9.43. The Morgan fingerprint density at radius 2 is 2.17 bits per heavy atom. The second kappa shape index (κ2) is 4.40. The van der Waals surface area contributed by atoms with Gasteiger partial charge in [0, 0.05) is 23.2 Å². The standard InChI is InChI=1S/C13H10ClN3O/c14-11-4-3-10(12-6-8(7-15)18-17-12)13-9(11)2-1-5-16-13/h1-6H,7,15H2. The van der Waals surface area contributed by atoms with Crippen LogP contribution in [0.4, 0.5) is 0 Å². The van der Waals surface area contributed by atoms with E-state index in [-0.39, 0.29) is 0 Å². The number of benzene rings is 1.